The number of hydrogen-bond acceptors (Lipinski definition) is 3. The Morgan fingerprint density at radius 1 is 1.47 bits per heavy atom. The van der Waals surface area contributed by atoms with E-state index in [1.807, 2.05) is 0 Å². The SMILES string of the molecule is NCC1(CC(=O)Nc2ncc[nH]2)CCCCC1. The largest absolute Gasteiger partial charge is 0.331 e. The number of aromatic amines is 1. The molecule has 0 atom stereocenters. The van der Waals surface area contributed by atoms with E-state index in [-0.39, 0.29) is 11.3 Å². The highest BCUT2D eigenvalue weighted by Crippen LogP contribution is 2.38. The molecular formula is C12H20N4O. The minimum absolute atomic E-state index is 0.00676. The van der Waals surface area contributed by atoms with Crippen LogP contribution in [0.5, 0.6) is 0 Å². The summed E-state index contributed by atoms with van der Waals surface area (Å²) in [5.74, 6) is 0.519. The summed E-state index contributed by atoms with van der Waals surface area (Å²) in [7, 11) is 0. The quantitative estimate of drug-likeness (QED) is 0.743. The summed E-state index contributed by atoms with van der Waals surface area (Å²) in [5.41, 5.74) is 5.87. The number of nitrogens with zero attached hydrogens (tertiary/aromatic N) is 1. The average molecular weight is 236 g/mol. The Balaban J connectivity index is 1.91. The maximum absolute atomic E-state index is 11.9. The summed E-state index contributed by atoms with van der Waals surface area (Å²) in [6.07, 6.45) is 9.58. The molecule has 0 unspecified atom stereocenters. The maximum atomic E-state index is 11.9. The zero-order valence-electron chi connectivity index (χ0n) is 10.0. The summed E-state index contributed by atoms with van der Waals surface area (Å²) in [4.78, 5) is 18.8. The molecular weight excluding hydrogens is 216 g/mol. The molecule has 1 aliphatic rings. The third kappa shape index (κ3) is 3.06. The number of anilines is 1. The van der Waals surface area contributed by atoms with Gasteiger partial charge in [-0.05, 0) is 24.8 Å². The van der Waals surface area contributed by atoms with E-state index in [0.717, 1.165) is 12.8 Å². The van der Waals surface area contributed by atoms with Crippen LogP contribution >= 0.6 is 0 Å². The van der Waals surface area contributed by atoms with Gasteiger partial charge in [-0.1, -0.05) is 19.3 Å². The minimum atomic E-state index is 0.00676. The molecule has 5 nitrogen and oxygen atoms in total. The monoisotopic (exact) mass is 236 g/mol. The number of H-pyrrole nitrogens is 1. The molecule has 0 bridgehead atoms. The Labute approximate surface area is 101 Å². The normalized spacial score (nSPS) is 18.9. The van der Waals surface area contributed by atoms with Crippen LogP contribution in [0.1, 0.15) is 38.5 Å². The number of nitrogens with one attached hydrogen (secondary N) is 2. The lowest BCUT2D eigenvalue weighted by atomic mass is 9.72. The second kappa shape index (κ2) is 5.31. The molecule has 94 valence electrons. The number of carbonyl (C=O) groups is 1. The Hall–Kier alpha value is -1.36. The first-order valence-electron chi connectivity index (χ1n) is 6.23. The highest BCUT2D eigenvalue weighted by Gasteiger charge is 2.33. The van der Waals surface area contributed by atoms with Crippen LogP contribution in [0.4, 0.5) is 5.95 Å². The fourth-order valence-electron chi connectivity index (χ4n) is 2.61. The summed E-state index contributed by atoms with van der Waals surface area (Å²) in [6, 6.07) is 0. The van der Waals surface area contributed by atoms with Gasteiger partial charge in [0.05, 0.1) is 0 Å². The van der Waals surface area contributed by atoms with Gasteiger partial charge in [0.15, 0.2) is 0 Å². The van der Waals surface area contributed by atoms with Crippen LogP contribution in [0.2, 0.25) is 0 Å². The Kier molecular flexibility index (Phi) is 3.78. The number of amides is 1. The molecule has 5 heteroatoms. The predicted molar refractivity (Wildman–Crippen MR) is 66.4 cm³/mol. The first-order chi connectivity index (χ1) is 8.24. The molecule has 0 saturated heterocycles. The molecule has 1 fully saturated rings. The lowest BCUT2D eigenvalue weighted by molar-refractivity contribution is -0.118. The van der Waals surface area contributed by atoms with E-state index >= 15 is 0 Å². The summed E-state index contributed by atoms with van der Waals surface area (Å²) in [6.45, 7) is 0.596. The molecule has 1 heterocycles. The molecule has 0 radical (unpaired) electrons. The van der Waals surface area contributed by atoms with Crippen molar-refractivity contribution in [2.24, 2.45) is 11.1 Å². The van der Waals surface area contributed by atoms with E-state index < -0.39 is 0 Å². The van der Waals surface area contributed by atoms with Gasteiger partial charge in [0, 0.05) is 18.8 Å². The van der Waals surface area contributed by atoms with Gasteiger partial charge in [-0.3, -0.25) is 10.1 Å². The van der Waals surface area contributed by atoms with E-state index in [2.05, 4.69) is 15.3 Å². The van der Waals surface area contributed by atoms with Crippen LogP contribution in [0.3, 0.4) is 0 Å². The topological polar surface area (TPSA) is 83.8 Å². The van der Waals surface area contributed by atoms with Crippen molar-refractivity contribution in [1.29, 1.82) is 0 Å². The van der Waals surface area contributed by atoms with Gasteiger partial charge >= 0.3 is 0 Å². The standard InChI is InChI=1S/C12H20N4O/c13-9-12(4-2-1-3-5-12)8-10(17)16-11-14-6-7-15-11/h6-7H,1-5,8-9,13H2,(H2,14,15,16,17). The van der Waals surface area contributed by atoms with Crippen molar-refractivity contribution >= 4 is 11.9 Å². The van der Waals surface area contributed by atoms with Crippen LogP contribution in [0.25, 0.3) is 0 Å². The Bertz CT molecular complexity index is 355. The van der Waals surface area contributed by atoms with Gasteiger partial charge < -0.3 is 10.7 Å². The van der Waals surface area contributed by atoms with Crippen molar-refractivity contribution in [2.45, 2.75) is 38.5 Å². The molecule has 17 heavy (non-hydrogen) atoms. The fraction of sp³-hybridized carbons (Fsp3) is 0.667. The van der Waals surface area contributed by atoms with Crippen LogP contribution in [0.15, 0.2) is 12.4 Å². The minimum Gasteiger partial charge on any atom is -0.331 e. The summed E-state index contributed by atoms with van der Waals surface area (Å²) < 4.78 is 0. The van der Waals surface area contributed by atoms with Gasteiger partial charge in [-0.2, -0.15) is 0 Å². The number of carbonyl (C=O) groups excluding carboxylic acids is 1. The average Bonchev–Trinajstić information content (AvgIpc) is 2.83. The molecule has 0 spiro atoms. The van der Waals surface area contributed by atoms with Crippen molar-refractivity contribution in [2.75, 3.05) is 11.9 Å². The molecule has 1 saturated carbocycles. The number of imidazole rings is 1. The number of aromatic nitrogens is 2. The van der Waals surface area contributed by atoms with Crippen molar-refractivity contribution in [3.8, 4) is 0 Å². The zero-order chi connectivity index (χ0) is 12.1. The van der Waals surface area contributed by atoms with Crippen molar-refractivity contribution in [3.63, 3.8) is 0 Å². The van der Waals surface area contributed by atoms with Gasteiger partial charge in [0.2, 0.25) is 11.9 Å². The van der Waals surface area contributed by atoms with Gasteiger partial charge in [0.25, 0.3) is 0 Å². The number of nitrogens with two attached hydrogens (primary N) is 1. The third-order valence-corrected chi connectivity index (χ3v) is 3.64. The van der Waals surface area contributed by atoms with Crippen molar-refractivity contribution < 1.29 is 4.79 Å². The molecule has 0 aromatic carbocycles. The van der Waals surface area contributed by atoms with E-state index in [0.29, 0.717) is 18.9 Å². The second-order valence-corrected chi connectivity index (χ2v) is 4.93. The van der Waals surface area contributed by atoms with Crippen LogP contribution in [-0.2, 0) is 4.79 Å². The molecule has 1 amide bonds. The first kappa shape index (κ1) is 12.1. The smallest absolute Gasteiger partial charge is 0.227 e. The van der Waals surface area contributed by atoms with E-state index in [1.54, 1.807) is 12.4 Å². The molecule has 4 N–H and O–H groups in total. The van der Waals surface area contributed by atoms with E-state index in [1.165, 1.54) is 19.3 Å². The summed E-state index contributed by atoms with van der Waals surface area (Å²) >= 11 is 0. The predicted octanol–water partition coefficient (Wildman–Crippen LogP) is 1.65. The van der Waals surface area contributed by atoms with E-state index in [9.17, 15) is 4.79 Å². The van der Waals surface area contributed by atoms with Crippen molar-refractivity contribution in [3.05, 3.63) is 12.4 Å². The second-order valence-electron chi connectivity index (χ2n) is 4.93. The Morgan fingerprint density at radius 3 is 2.82 bits per heavy atom. The fourth-order valence-corrected chi connectivity index (χ4v) is 2.61. The summed E-state index contributed by atoms with van der Waals surface area (Å²) in [5, 5.41) is 2.77. The lowest BCUT2D eigenvalue weighted by Crippen LogP contribution is -2.36. The highest BCUT2D eigenvalue weighted by atomic mass is 16.1. The molecule has 2 rings (SSSR count). The van der Waals surface area contributed by atoms with Crippen LogP contribution < -0.4 is 11.1 Å². The molecule has 1 aromatic heterocycles. The van der Waals surface area contributed by atoms with Crippen LogP contribution in [-0.4, -0.2) is 22.4 Å². The molecule has 1 aromatic rings. The lowest BCUT2D eigenvalue weighted by Gasteiger charge is -2.35. The highest BCUT2D eigenvalue weighted by molar-refractivity contribution is 5.89. The van der Waals surface area contributed by atoms with Gasteiger partial charge in [0.1, 0.15) is 0 Å². The van der Waals surface area contributed by atoms with Gasteiger partial charge in [-0.15, -0.1) is 0 Å². The van der Waals surface area contributed by atoms with Gasteiger partial charge in [-0.25, -0.2) is 4.98 Å². The molecule has 1 aliphatic carbocycles. The van der Waals surface area contributed by atoms with Crippen LogP contribution in [0, 0.1) is 5.41 Å². The third-order valence-electron chi connectivity index (χ3n) is 3.64. The number of hydrogen-bond donors (Lipinski definition) is 3. The first-order valence-corrected chi connectivity index (χ1v) is 6.23. The zero-order valence-corrected chi connectivity index (χ0v) is 10.0. The Morgan fingerprint density at radius 2 is 2.24 bits per heavy atom. The maximum Gasteiger partial charge on any atom is 0.227 e. The molecule has 0 aliphatic heterocycles. The van der Waals surface area contributed by atoms with E-state index in [4.69, 9.17) is 5.73 Å². The number of rotatable bonds is 4. The van der Waals surface area contributed by atoms with Crippen molar-refractivity contribution in [1.82, 2.24) is 9.97 Å².